The van der Waals surface area contributed by atoms with Crippen molar-refractivity contribution in [2.75, 3.05) is 19.6 Å². The Labute approximate surface area is 150 Å². The van der Waals surface area contributed by atoms with Crippen molar-refractivity contribution >= 4 is 5.91 Å². The molecule has 0 N–H and O–H groups in total. The van der Waals surface area contributed by atoms with E-state index in [1.54, 1.807) is 6.20 Å². The molecule has 1 fully saturated rings. The average molecular weight is 337 g/mol. The topological polar surface area (TPSA) is 36.4 Å². The zero-order chi connectivity index (χ0) is 17.7. The fourth-order valence-corrected chi connectivity index (χ4v) is 3.46. The Hall–Kier alpha value is -2.20. The Morgan fingerprint density at radius 1 is 1.08 bits per heavy atom. The second kappa shape index (κ2) is 7.79. The van der Waals surface area contributed by atoms with Gasteiger partial charge in [0.25, 0.3) is 0 Å². The second-order valence-electron chi connectivity index (χ2n) is 7.40. The van der Waals surface area contributed by atoms with Crippen molar-refractivity contribution in [3.8, 4) is 0 Å². The van der Waals surface area contributed by atoms with Gasteiger partial charge in [-0.05, 0) is 37.5 Å². The molecular formula is C21H27N3O. The number of pyridine rings is 1. The lowest BCUT2D eigenvalue weighted by atomic mass is 9.97. The number of amides is 1. The Morgan fingerprint density at radius 2 is 1.84 bits per heavy atom. The van der Waals surface area contributed by atoms with E-state index < -0.39 is 0 Å². The molecule has 132 valence electrons. The lowest BCUT2D eigenvalue weighted by Gasteiger charge is -2.47. The Kier molecular flexibility index (Phi) is 5.49. The van der Waals surface area contributed by atoms with Crippen LogP contribution in [-0.2, 0) is 17.8 Å². The zero-order valence-electron chi connectivity index (χ0n) is 15.2. The quantitative estimate of drug-likeness (QED) is 0.841. The Balaban J connectivity index is 1.55. The maximum atomic E-state index is 12.6. The SMILES string of the molecule is CC1(C)CN(C(=O)CCc2cccnc2)CCN1Cc1ccccc1. The van der Waals surface area contributed by atoms with E-state index in [9.17, 15) is 4.79 Å². The van der Waals surface area contributed by atoms with Crippen LogP contribution < -0.4 is 0 Å². The van der Waals surface area contributed by atoms with Gasteiger partial charge in [0.2, 0.25) is 5.91 Å². The monoisotopic (exact) mass is 337 g/mol. The summed E-state index contributed by atoms with van der Waals surface area (Å²) >= 11 is 0. The predicted octanol–water partition coefficient (Wildman–Crippen LogP) is 3.14. The number of piperazine rings is 1. The second-order valence-corrected chi connectivity index (χ2v) is 7.40. The van der Waals surface area contributed by atoms with Gasteiger partial charge in [-0.15, -0.1) is 0 Å². The van der Waals surface area contributed by atoms with Crippen LogP contribution in [0.5, 0.6) is 0 Å². The molecule has 0 unspecified atom stereocenters. The maximum absolute atomic E-state index is 12.6. The lowest BCUT2D eigenvalue weighted by Crippen LogP contribution is -2.59. The number of carbonyl (C=O) groups is 1. The van der Waals surface area contributed by atoms with Crippen molar-refractivity contribution in [2.45, 2.75) is 38.8 Å². The lowest BCUT2D eigenvalue weighted by molar-refractivity contribution is -0.136. The van der Waals surface area contributed by atoms with Gasteiger partial charge in [0, 0.05) is 50.5 Å². The first-order valence-electron chi connectivity index (χ1n) is 9.00. The molecule has 1 saturated heterocycles. The number of aryl methyl sites for hydroxylation is 1. The van der Waals surface area contributed by atoms with E-state index in [1.807, 2.05) is 29.3 Å². The smallest absolute Gasteiger partial charge is 0.223 e. The third-order valence-corrected chi connectivity index (χ3v) is 4.99. The predicted molar refractivity (Wildman–Crippen MR) is 100 cm³/mol. The summed E-state index contributed by atoms with van der Waals surface area (Å²) in [6, 6.07) is 14.5. The van der Waals surface area contributed by atoms with Gasteiger partial charge in [0.05, 0.1) is 0 Å². The van der Waals surface area contributed by atoms with Gasteiger partial charge in [-0.25, -0.2) is 0 Å². The van der Waals surface area contributed by atoms with Crippen LogP contribution in [0.15, 0.2) is 54.9 Å². The van der Waals surface area contributed by atoms with Gasteiger partial charge in [-0.2, -0.15) is 0 Å². The van der Waals surface area contributed by atoms with Crippen LogP contribution >= 0.6 is 0 Å². The van der Waals surface area contributed by atoms with Gasteiger partial charge in [0.1, 0.15) is 0 Å². The molecule has 0 bridgehead atoms. The largest absolute Gasteiger partial charge is 0.340 e. The molecule has 2 heterocycles. The average Bonchev–Trinajstić information content (AvgIpc) is 2.63. The molecule has 0 atom stereocenters. The summed E-state index contributed by atoms with van der Waals surface area (Å²) in [7, 11) is 0. The third kappa shape index (κ3) is 4.67. The number of rotatable bonds is 5. The van der Waals surface area contributed by atoms with Crippen LogP contribution in [0.1, 0.15) is 31.4 Å². The Morgan fingerprint density at radius 3 is 2.52 bits per heavy atom. The number of aromatic nitrogens is 1. The number of hydrogen-bond donors (Lipinski definition) is 0. The molecule has 4 heteroatoms. The van der Waals surface area contributed by atoms with Crippen LogP contribution in [0.2, 0.25) is 0 Å². The van der Waals surface area contributed by atoms with Crippen molar-refractivity contribution in [2.24, 2.45) is 0 Å². The van der Waals surface area contributed by atoms with Gasteiger partial charge in [-0.1, -0.05) is 36.4 Å². The highest BCUT2D eigenvalue weighted by Gasteiger charge is 2.35. The molecule has 25 heavy (non-hydrogen) atoms. The first kappa shape index (κ1) is 17.6. The van der Waals surface area contributed by atoms with E-state index in [1.165, 1.54) is 5.56 Å². The van der Waals surface area contributed by atoms with Crippen molar-refractivity contribution in [3.63, 3.8) is 0 Å². The minimum atomic E-state index is -0.0158. The molecule has 0 saturated carbocycles. The number of benzene rings is 1. The highest BCUT2D eigenvalue weighted by atomic mass is 16.2. The molecule has 4 nitrogen and oxygen atoms in total. The summed E-state index contributed by atoms with van der Waals surface area (Å²) in [5.74, 6) is 0.247. The molecule has 0 aliphatic carbocycles. The van der Waals surface area contributed by atoms with E-state index in [0.29, 0.717) is 6.42 Å². The van der Waals surface area contributed by atoms with Gasteiger partial charge in [0.15, 0.2) is 0 Å². The summed E-state index contributed by atoms with van der Waals surface area (Å²) in [5.41, 5.74) is 2.43. The zero-order valence-corrected chi connectivity index (χ0v) is 15.2. The molecule has 0 spiro atoms. The summed E-state index contributed by atoms with van der Waals surface area (Å²) < 4.78 is 0. The first-order valence-corrected chi connectivity index (χ1v) is 9.00. The standard InChI is InChI=1S/C21H27N3O/c1-21(2)17-23(20(25)11-10-18-9-6-12-22-15-18)13-14-24(21)16-19-7-4-3-5-8-19/h3-9,12,15H,10-11,13-14,16-17H2,1-2H3. The van der Waals surface area contributed by atoms with Crippen molar-refractivity contribution in [1.82, 2.24) is 14.8 Å². The molecule has 3 rings (SSSR count). The summed E-state index contributed by atoms with van der Waals surface area (Å²) in [4.78, 5) is 21.2. The number of nitrogens with zero attached hydrogens (tertiary/aromatic N) is 3. The van der Waals surface area contributed by atoms with E-state index >= 15 is 0 Å². The maximum Gasteiger partial charge on any atom is 0.223 e. The highest BCUT2D eigenvalue weighted by Crippen LogP contribution is 2.24. The molecular weight excluding hydrogens is 310 g/mol. The van der Waals surface area contributed by atoms with Crippen molar-refractivity contribution < 1.29 is 4.79 Å². The number of carbonyl (C=O) groups excluding carboxylic acids is 1. The molecule has 1 aliphatic heterocycles. The fourth-order valence-electron chi connectivity index (χ4n) is 3.46. The van der Waals surface area contributed by atoms with Crippen LogP contribution in [0.25, 0.3) is 0 Å². The van der Waals surface area contributed by atoms with Crippen molar-refractivity contribution in [3.05, 3.63) is 66.0 Å². The molecule has 1 aromatic carbocycles. The molecule has 1 aliphatic rings. The van der Waals surface area contributed by atoms with Gasteiger partial charge < -0.3 is 4.90 Å². The molecule has 1 amide bonds. The van der Waals surface area contributed by atoms with Crippen LogP contribution in [0, 0.1) is 0 Å². The Bertz CT molecular complexity index is 685. The van der Waals surface area contributed by atoms with Gasteiger partial charge >= 0.3 is 0 Å². The molecule has 0 radical (unpaired) electrons. The normalized spacial score (nSPS) is 17.4. The highest BCUT2D eigenvalue weighted by molar-refractivity contribution is 5.76. The fraction of sp³-hybridized carbons (Fsp3) is 0.429. The minimum absolute atomic E-state index is 0.0158. The van der Waals surface area contributed by atoms with E-state index in [0.717, 1.165) is 38.2 Å². The summed E-state index contributed by atoms with van der Waals surface area (Å²) in [5, 5.41) is 0. The summed E-state index contributed by atoms with van der Waals surface area (Å²) in [6.45, 7) is 7.91. The molecule has 2 aromatic rings. The summed E-state index contributed by atoms with van der Waals surface area (Å²) in [6.07, 6.45) is 4.92. The van der Waals surface area contributed by atoms with Crippen LogP contribution in [0.4, 0.5) is 0 Å². The van der Waals surface area contributed by atoms with Gasteiger partial charge in [-0.3, -0.25) is 14.7 Å². The van der Waals surface area contributed by atoms with Crippen LogP contribution in [0.3, 0.4) is 0 Å². The van der Waals surface area contributed by atoms with E-state index in [2.05, 4.69) is 48.0 Å². The number of hydrogen-bond acceptors (Lipinski definition) is 3. The third-order valence-electron chi connectivity index (χ3n) is 4.99. The van der Waals surface area contributed by atoms with E-state index in [4.69, 9.17) is 0 Å². The van der Waals surface area contributed by atoms with Crippen molar-refractivity contribution in [1.29, 1.82) is 0 Å². The molecule has 1 aromatic heterocycles. The van der Waals surface area contributed by atoms with E-state index in [-0.39, 0.29) is 11.4 Å². The van der Waals surface area contributed by atoms with Crippen LogP contribution in [-0.4, -0.2) is 45.9 Å². The first-order chi connectivity index (χ1) is 12.0. The minimum Gasteiger partial charge on any atom is -0.340 e.